The van der Waals surface area contributed by atoms with Crippen LogP contribution in [0.5, 0.6) is 0 Å². The number of halogens is 3. The molecule has 6 nitrogen and oxygen atoms in total. The molecule has 0 bridgehead atoms. The number of para-hydroxylation sites is 1. The van der Waals surface area contributed by atoms with E-state index in [1.54, 1.807) is 11.0 Å². The largest absolute Gasteiger partial charge is 0.353 e. The van der Waals surface area contributed by atoms with E-state index in [0.717, 1.165) is 47.3 Å². The van der Waals surface area contributed by atoms with Gasteiger partial charge in [-0.25, -0.2) is 8.78 Å². The minimum Gasteiger partial charge on any atom is -0.353 e. The van der Waals surface area contributed by atoms with Crippen molar-refractivity contribution in [2.24, 2.45) is 0 Å². The van der Waals surface area contributed by atoms with E-state index >= 15 is 0 Å². The first-order chi connectivity index (χ1) is 15.9. The van der Waals surface area contributed by atoms with Crippen LogP contribution < -0.4 is 5.56 Å². The van der Waals surface area contributed by atoms with Crippen molar-refractivity contribution in [3.63, 3.8) is 0 Å². The molecule has 4 heterocycles. The molecule has 3 aromatic rings. The van der Waals surface area contributed by atoms with E-state index in [1.165, 1.54) is 12.1 Å². The summed E-state index contributed by atoms with van der Waals surface area (Å²) in [5, 5.41) is 0.535. The molecule has 1 aromatic carbocycles. The lowest BCUT2D eigenvalue weighted by Gasteiger charge is -2.26. The van der Waals surface area contributed by atoms with Crippen LogP contribution in [0.3, 0.4) is 0 Å². The van der Waals surface area contributed by atoms with Crippen molar-refractivity contribution in [3.8, 4) is 5.69 Å². The molecule has 1 unspecified atom stereocenters. The predicted molar refractivity (Wildman–Crippen MR) is 124 cm³/mol. The molecule has 2 fully saturated rings. The standard InChI is InChI=1S/C23H21BrF2N2O4S/c24-19-14-7-8-17(29)28(20-15(25)4-3-5-16(20)26)23(14)33-21(19)22(30)27-10-9-13(12-27)32-18-6-1-2-11-31-18/h3-5,7-8,13,18H,1-2,6,9-12H2/t13-,18?/m1/s1. The zero-order chi connectivity index (χ0) is 23.1. The molecule has 2 atom stereocenters. The fourth-order valence-corrected chi connectivity index (χ4v) is 6.33. The van der Waals surface area contributed by atoms with Gasteiger partial charge in [0.25, 0.3) is 11.5 Å². The predicted octanol–water partition coefficient (Wildman–Crippen LogP) is 4.85. The second kappa shape index (κ2) is 9.25. The highest BCUT2D eigenvalue weighted by Crippen LogP contribution is 2.38. The van der Waals surface area contributed by atoms with Crippen molar-refractivity contribution in [1.29, 1.82) is 0 Å². The minimum atomic E-state index is -0.855. The van der Waals surface area contributed by atoms with Gasteiger partial charge in [0.15, 0.2) is 6.29 Å². The lowest BCUT2D eigenvalue weighted by Crippen LogP contribution is -2.32. The van der Waals surface area contributed by atoms with Crippen molar-refractivity contribution in [2.45, 2.75) is 38.1 Å². The third-order valence-corrected chi connectivity index (χ3v) is 8.22. The second-order valence-electron chi connectivity index (χ2n) is 8.14. The summed E-state index contributed by atoms with van der Waals surface area (Å²) < 4.78 is 42.1. The average molecular weight is 539 g/mol. The Bertz CT molecular complexity index is 1250. The van der Waals surface area contributed by atoms with Gasteiger partial charge in [-0.1, -0.05) is 6.07 Å². The summed E-state index contributed by atoms with van der Waals surface area (Å²) in [4.78, 5) is 28.3. The molecule has 174 valence electrons. The first kappa shape index (κ1) is 22.6. The van der Waals surface area contributed by atoms with Gasteiger partial charge in [0.1, 0.15) is 27.0 Å². The van der Waals surface area contributed by atoms with Gasteiger partial charge in [0.05, 0.1) is 10.6 Å². The van der Waals surface area contributed by atoms with Crippen LogP contribution in [0.4, 0.5) is 8.78 Å². The summed E-state index contributed by atoms with van der Waals surface area (Å²) in [6, 6.07) is 6.23. The Morgan fingerprint density at radius 3 is 2.67 bits per heavy atom. The first-order valence-corrected chi connectivity index (χ1v) is 12.4. The molecular weight excluding hydrogens is 518 g/mol. The van der Waals surface area contributed by atoms with Crippen molar-refractivity contribution in [3.05, 3.63) is 61.7 Å². The molecule has 0 saturated carbocycles. The molecule has 0 aliphatic carbocycles. The summed E-state index contributed by atoms with van der Waals surface area (Å²) in [5.41, 5.74) is -1.04. The number of benzene rings is 1. The van der Waals surface area contributed by atoms with Crippen LogP contribution in [0.15, 0.2) is 39.6 Å². The van der Waals surface area contributed by atoms with Gasteiger partial charge in [0, 0.05) is 31.1 Å². The molecule has 2 aliphatic heterocycles. The average Bonchev–Trinajstić information content (AvgIpc) is 3.40. The molecule has 0 N–H and O–H groups in total. The Labute approximate surface area is 200 Å². The second-order valence-corrected chi connectivity index (χ2v) is 9.93. The number of carbonyl (C=O) groups is 1. The number of hydrogen-bond acceptors (Lipinski definition) is 5. The van der Waals surface area contributed by atoms with Crippen molar-refractivity contribution in [2.75, 3.05) is 19.7 Å². The van der Waals surface area contributed by atoms with E-state index in [1.807, 2.05) is 0 Å². The molecular formula is C23H21BrF2N2O4S. The van der Waals surface area contributed by atoms with Crippen molar-refractivity contribution < 1.29 is 23.0 Å². The molecule has 5 rings (SSSR count). The van der Waals surface area contributed by atoms with Gasteiger partial charge in [-0.2, -0.15) is 0 Å². The summed E-state index contributed by atoms with van der Waals surface area (Å²) in [5.74, 6) is -1.93. The normalized spacial score (nSPS) is 21.1. The molecule has 0 radical (unpaired) electrons. The number of pyridine rings is 1. The first-order valence-electron chi connectivity index (χ1n) is 10.8. The maximum atomic E-state index is 14.5. The highest BCUT2D eigenvalue weighted by Gasteiger charge is 2.32. The highest BCUT2D eigenvalue weighted by atomic mass is 79.9. The van der Waals surface area contributed by atoms with Gasteiger partial charge in [-0.05, 0) is 59.8 Å². The van der Waals surface area contributed by atoms with Crippen molar-refractivity contribution in [1.82, 2.24) is 9.47 Å². The summed E-state index contributed by atoms with van der Waals surface area (Å²) >= 11 is 4.51. The number of hydrogen-bond donors (Lipinski definition) is 0. The van der Waals surface area contributed by atoms with E-state index < -0.39 is 22.9 Å². The molecule has 2 aromatic heterocycles. The van der Waals surface area contributed by atoms with Gasteiger partial charge < -0.3 is 14.4 Å². The van der Waals surface area contributed by atoms with E-state index in [0.29, 0.717) is 45.7 Å². The molecule has 1 amide bonds. The third kappa shape index (κ3) is 4.25. The Morgan fingerprint density at radius 1 is 1.15 bits per heavy atom. The molecule has 2 saturated heterocycles. The summed E-state index contributed by atoms with van der Waals surface area (Å²) in [6.07, 6.45) is 3.35. The lowest BCUT2D eigenvalue weighted by molar-refractivity contribution is -0.184. The fourth-order valence-electron chi connectivity index (χ4n) is 4.30. The van der Waals surface area contributed by atoms with Gasteiger partial charge in [0.2, 0.25) is 0 Å². The Hall–Kier alpha value is -2.14. The SMILES string of the molecule is O=C(c1sc2c(ccc(=O)n2-c2c(F)cccc2F)c1Br)N1CC[C@@H](OC2CCCCO2)C1. The zero-order valence-corrected chi connectivity index (χ0v) is 20.0. The third-order valence-electron chi connectivity index (χ3n) is 5.95. The number of rotatable bonds is 4. The van der Waals surface area contributed by atoms with Crippen LogP contribution in [-0.2, 0) is 9.47 Å². The number of fused-ring (bicyclic) bond motifs is 1. The Kier molecular flexibility index (Phi) is 6.34. The van der Waals surface area contributed by atoms with Crippen LogP contribution in [0.2, 0.25) is 0 Å². The quantitative estimate of drug-likeness (QED) is 0.476. The van der Waals surface area contributed by atoms with Crippen LogP contribution in [0, 0.1) is 11.6 Å². The number of carbonyl (C=O) groups excluding carboxylic acids is 1. The number of thiophene rings is 1. The van der Waals surface area contributed by atoms with Crippen LogP contribution in [0.25, 0.3) is 15.9 Å². The zero-order valence-electron chi connectivity index (χ0n) is 17.6. The highest BCUT2D eigenvalue weighted by molar-refractivity contribution is 9.10. The summed E-state index contributed by atoms with van der Waals surface area (Å²) in [6.45, 7) is 1.67. The molecule has 0 spiro atoms. The van der Waals surface area contributed by atoms with E-state index in [2.05, 4.69) is 15.9 Å². The number of nitrogens with zero attached hydrogens (tertiary/aromatic N) is 2. The van der Waals surface area contributed by atoms with E-state index in [-0.39, 0.29) is 18.3 Å². The minimum absolute atomic E-state index is 0.101. The van der Waals surface area contributed by atoms with Crippen LogP contribution in [0.1, 0.15) is 35.4 Å². The van der Waals surface area contributed by atoms with E-state index in [9.17, 15) is 18.4 Å². The number of likely N-dealkylation sites (tertiary alicyclic amines) is 1. The number of aromatic nitrogens is 1. The maximum Gasteiger partial charge on any atom is 0.265 e. The van der Waals surface area contributed by atoms with Crippen molar-refractivity contribution >= 4 is 43.4 Å². The Balaban J connectivity index is 1.45. The topological polar surface area (TPSA) is 60.8 Å². The Morgan fingerprint density at radius 2 is 1.94 bits per heavy atom. The van der Waals surface area contributed by atoms with Gasteiger partial charge in [-0.3, -0.25) is 14.2 Å². The molecule has 2 aliphatic rings. The van der Waals surface area contributed by atoms with Gasteiger partial charge in [-0.15, -0.1) is 11.3 Å². The number of amides is 1. The van der Waals surface area contributed by atoms with Crippen LogP contribution >= 0.6 is 27.3 Å². The monoisotopic (exact) mass is 538 g/mol. The van der Waals surface area contributed by atoms with Gasteiger partial charge >= 0.3 is 0 Å². The lowest BCUT2D eigenvalue weighted by atomic mass is 10.2. The fraction of sp³-hybridized carbons (Fsp3) is 0.391. The van der Waals surface area contributed by atoms with E-state index in [4.69, 9.17) is 9.47 Å². The number of ether oxygens (including phenoxy) is 2. The molecule has 10 heteroatoms. The maximum absolute atomic E-state index is 14.5. The molecule has 33 heavy (non-hydrogen) atoms. The summed E-state index contributed by atoms with van der Waals surface area (Å²) in [7, 11) is 0. The van der Waals surface area contributed by atoms with Crippen LogP contribution in [-0.4, -0.2) is 47.5 Å². The smallest absolute Gasteiger partial charge is 0.265 e.